The summed E-state index contributed by atoms with van der Waals surface area (Å²) in [6.07, 6.45) is 11.3. The molecule has 0 amide bonds. The third-order valence-corrected chi connectivity index (χ3v) is 12.8. The first-order valence-electron chi connectivity index (χ1n) is 25.3. The van der Waals surface area contributed by atoms with Crippen molar-refractivity contribution in [2.75, 3.05) is 13.7 Å². The zero-order valence-electron chi connectivity index (χ0n) is 44.9. The second-order valence-corrected chi connectivity index (χ2v) is 21.3. The lowest BCUT2D eigenvalue weighted by atomic mass is 9.92. The summed E-state index contributed by atoms with van der Waals surface area (Å²) in [7, 11) is 1.65. The Balaban J connectivity index is 0.000000351. The Morgan fingerprint density at radius 3 is 1.50 bits per heavy atom. The first kappa shape index (κ1) is 59.8. The molecule has 2 N–H and O–H groups in total. The van der Waals surface area contributed by atoms with Crippen LogP contribution in [-0.4, -0.2) is 90.1 Å². The van der Waals surface area contributed by atoms with Gasteiger partial charge in [-0.15, -0.1) is 0 Å². The first-order valence-corrected chi connectivity index (χ1v) is 25.3. The number of hydrogen-bond acceptors (Lipinski definition) is 10. The molecule has 3 fully saturated rings. The van der Waals surface area contributed by atoms with Gasteiger partial charge in [0.05, 0.1) is 38.1 Å². The molecule has 0 saturated carbocycles. The van der Waals surface area contributed by atoms with Crippen molar-refractivity contribution in [2.24, 2.45) is 41.4 Å². The molecule has 0 radical (unpaired) electrons. The Hall–Kier alpha value is -2.30. The molecule has 1 aromatic rings. The van der Waals surface area contributed by atoms with Crippen LogP contribution >= 0.6 is 0 Å². The maximum absolute atomic E-state index is 10.5. The van der Waals surface area contributed by atoms with Gasteiger partial charge in [-0.2, -0.15) is 0 Å². The van der Waals surface area contributed by atoms with Crippen molar-refractivity contribution in [1.82, 2.24) is 0 Å². The highest BCUT2D eigenvalue weighted by Crippen LogP contribution is 2.36. The third-order valence-electron chi connectivity index (χ3n) is 12.8. The molecule has 0 aliphatic carbocycles. The van der Waals surface area contributed by atoms with Gasteiger partial charge in [-0.25, -0.2) is 0 Å². The average molecular weight is 929 g/mol. The van der Waals surface area contributed by atoms with E-state index >= 15 is 0 Å². The van der Waals surface area contributed by atoms with Gasteiger partial charge < -0.3 is 48.1 Å². The van der Waals surface area contributed by atoms with Crippen molar-refractivity contribution in [2.45, 2.75) is 230 Å². The number of hydrogen-bond donors (Lipinski definition) is 2. The molecule has 4 rings (SSSR count). The number of allylic oxidation sites excluding steroid dienone is 2. The Morgan fingerprint density at radius 1 is 0.576 bits per heavy atom. The van der Waals surface area contributed by atoms with E-state index in [0.29, 0.717) is 55.1 Å². The van der Waals surface area contributed by atoms with Crippen molar-refractivity contribution in [3.8, 4) is 17.6 Å². The van der Waals surface area contributed by atoms with Gasteiger partial charge in [0.25, 0.3) is 0 Å². The second-order valence-electron chi connectivity index (χ2n) is 21.3. The topological polar surface area (TPSA) is 114 Å². The zero-order chi connectivity index (χ0) is 50.0. The number of benzene rings is 1. The van der Waals surface area contributed by atoms with Crippen LogP contribution in [0.5, 0.6) is 5.75 Å². The molecule has 10 nitrogen and oxygen atoms in total. The predicted molar refractivity (Wildman–Crippen MR) is 268 cm³/mol. The highest BCUT2D eigenvalue weighted by Gasteiger charge is 2.45. The summed E-state index contributed by atoms with van der Waals surface area (Å²) in [5.74, 6) is 8.53. The van der Waals surface area contributed by atoms with Gasteiger partial charge in [-0.05, 0) is 108 Å². The third kappa shape index (κ3) is 21.1. The van der Waals surface area contributed by atoms with Crippen molar-refractivity contribution in [3.05, 3.63) is 54.1 Å². The van der Waals surface area contributed by atoms with Crippen LogP contribution in [0.25, 0.3) is 0 Å². The molecule has 0 aromatic heterocycles. The van der Waals surface area contributed by atoms with Gasteiger partial charge in [0, 0.05) is 18.4 Å². The summed E-state index contributed by atoms with van der Waals surface area (Å²) in [4.78, 5) is 0. The quantitative estimate of drug-likeness (QED) is 0.0744. The summed E-state index contributed by atoms with van der Waals surface area (Å²) < 4.78 is 46.7. The molecule has 3 saturated heterocycles. The van der Waals surface area contributed by atoms with Crippen molar-refractivity contribution < 1.29 is 48.1 Å². The highest BCUT2D eigenvalue weighted by atomic mass is 16.8. The summed E-state index contributed by atoms with van der Waals surface area (Å²) >= 11 is 0. The molecule has 3 heterocycles. The number of aliphatic hydroxyl groups is 2. The summed E-state index contributed by atoms with van der Waals surface area (Å²) in [6, 6.07) is 7.79. The Bertz CT molecular complexity index is 1540. The number of methoxy groups -OCH3 is 1. The molecule has 4 unspecified atom stereocenters. The monoisotopic (exact) mass is 929 g/mol. The fraction of sp³-hybridized carbons (Fsp3) is 0.786. The molecule has 380 valence electrons. The Kier molecular flexibility index (Phi) is 25.7. The van der Waals surface area contributed by atoms with Gasteiger partial charge in [0.2, 0.25) is 0 Å². The van der Waals surface area contributed by atoms with Gasteiger partial charge >= 0.3 is 0 Å². The van der Waals surface area contributed by atoms with E-state index in [-0.39, 0.29) is 36.4 Å². The van der Waals surface area contributed by atoms with Gasteiger partial charge in [-0.1, -0.05) is 144 Å². The van der Waals surface area contributed by atoms with Crippen molar-refractivity contribution in [3.63, 3.8) is 0 Å². The van der Waals surface area contributed by atoms with E-state index in [1.807, 2.05) is 71.9 Å². The zero-order valence-corrected chi connectivity index (χ0v) is 44.9. The Labute approximate surface area is 403 Å². The maximum Gasteiger partial charge on any atom is 0.163 e. The minimum Gasteiger partial charge on any atom is -0.497 e. The smallest absolute Gasteiger partial charge is 0.163 e. The maximum atomic E-state index is 10.5. The minimum absolute atomic E-state index is 0.0194. The molecule has 1 aromatic carbocycles. The molecular weight excluding hydrogens is 833 g/mol. The molecule has 3 aliphatic heterocycles. The van der Waals surface area contributed by atoms with Crippen LogP contribution in [0.4, 0.5) is 0 Å². The van der Waals surface area contributed by atoms with E-state index in [9.17, 15) is 10.2 Å². The average Bonchev–Trinajstić information content (AvgIpc) is 3.86. The molecule has 10 heteroatoms. The standard InChI is InChI=1S/C23H34O5.C17H32O2.C16H30O3/c1-16(2)17(3)7-12-20(24)22-21(27-23(4,5)28-22)13-14-26-15-18-8-10-19(25-6)11-9-18;1-8-9-15-16(19-17(6,7)18-15)14(5)11-10-13(4)12(2)3;1-7-8-14-15(19-16(5,6)18-14)13(17)10-9-12(4)11(2)3/h8-11,16-17,20-22,24H,13-15H2,1-6H3;10-16H,8-9H2,1-7H3;9-15,17H,7-8H2,1-6H3/b;11-10-;10-9-/t17-,20?,21?,22-;13-,14?,15+,16-;12-,13?,14+,15-/m111/s1. The SMILES string of the molecule is CCC[C@@H]1OC(C)(C)O[C@@H]1C(C)/C=C\[C@@H](C)C(C)C.CCC[C@@H]1OC(C)(C)O[C@@H]1C(O)/C=C\[C@@H](C)C(C)C.COc1ccc(COCCC2OC(C)(C)O[C@@H]2C(O)C#C[C@@H](C)C(C)C)cc1. The molecule has 66 heavy (non-hydrogen) atoms. The molecule has 0 bridgehead atoms. The molecule has 12 atom stereocenters. The van der Waals surface area contributed by atoms with Gasteiger partial charge in [0.15, 0.2) is 17.4 Å². The molecular formula is C56H96O10. The number of aliphatic hydroxyl groups excluding tert-OH is 2. The predicted octanol–water partition coefficient (Wildman–Crippen LogP) is 12.1. The van der Waals surface area contributed by atoms with Crippen molar-refractivity contribution in [1.29, 1.82) is 0 Å². The van der Waals surface area contributed by atoms with Crippen LogP contribution in [0.15, 0.2) is 48.6 Å². The van der Waals surface area contributed by atoms with E-state index in [1.54, 1.807) is 7.11 Å². The fourth-order valence-corrected chi connectivity index (χ4v) is 7.71. The van der Waals surface area contributed by atoms with E-state index in [1.165, 1.54) is 0 Å². The van der Waals surface area contributed by atoms with Gasteiger partial charge in [0.1, 0.15) is 30.2 Å². The molecule has 3 aliphatic rings. The first-order chi connectivity index (χ1) is 30.7. The largest absolute Gasteiger partial charge is 0.497 e. The van der Waals surface area contributed by atoms with Crippen LogP contribution in [0.1, 0.15) is 162 Å². The lowest BCUT2D eigenvalue weighted by Gasteiger charge is -2.21. The van der Waals surface area contributed by atoms with Crippen LogP contribution in [-0.2, 0) is 39.8 Å². The van der Waals surface area contributed by atoms with E-state index in [4.69, 9.17) is 37.9 Å². The summed E-state index contributed by atoms with van der Waals surface area (Å²) in [5.41, 5.74) is 1.08. The molecule has 0 spiro atoms. The Morgan fingerprint density at radius 2 is 1.03 bits per heavy atom. The van der Waals surface area contributed by atoms with Gasteiger partial charge in [-0.3, -0.25) is 0 Å². The van der Waals surface area contributed by atoms with E-state index in [0.717, 1.165) is 37.0 Å². The lowest BCUT2D eigenvalue weighted by Crippen LogP contribution is -2.35. The second kappa shape index (κ2) is 28.4. The fourth-order valence-electron chi connectivity index (χ4n) is 7.71. The van der Waals surface area contributed by atoms with E-state index < -0.39 is 35.7 Å². The van der Waals surface area contributed by atoms with Crippen LogP contribution in [0, 0.1) is 53.3 Å². The van der Waals surface area contributed by atoms with Crippen LogP contribution in [0.2, 0.25) is 0 Å². The van der Waals surface area contributed by atoms with Crippen LogP contribution < -0.4 is 4.74 Å². The number of rotatable bonds is 20. The highest BCUT2D eigenvalue weighted by molar-refractivity contribution is 5.26. The normalized spacial score (nSPS) is 27.2. The van der Waals surface area contributed by atoms with Crippen molar-refractivity contribution >= 4 is 0 Å². The lowest BCUT2D eigenvalue weighted by molar-refractivity contribution is -0.153. The van der Waals surface area contributed by atoms with E-state index in [2.05, 4.69) is 113 Å². The minimum atomic E-state index is -0.880. The summed E-state index contributed by atoms with van der Waals surface area (Å²) in [6.45, 7) is 38.8. The number of ether oxygens (including phenoxy) is 8. The summed E-state index contributed by atoms with van der Waals surface area (Å²) in [5, 5.41) is 20.9. The van der Waals surface area contributed by atoms with Crippen LogP contribution in [0.3, 0.4) is 0 Å².